The van der Waals surface area contributed by atoms with E-state index in [1.165, 1.54) is 36.4 Å². The summed E-state index contributed by atoms with van der Waals surface area (Å²) in [5.41, 5.74) is 0.749. The second-order valence-electron chi connectivity index (χ2n) is 6.81. The average molecular weight is 441 g/mol. The molecule has 0 aliphatic carbocycles. The van der Waals surface area contributed by atoms with Crippen molar-refractivity contribution >= 4 is 5.91 Å². The predicted molar refractivity (Wildman–Crippen MR) is 116 cm³/mol. The largest absolute Gasteiger partial charge is 0.497 e. The Morgan fingerprint density at radius 2 is 1.84 bits per heavy atom. The van der Waals surface area contributed by atoms with Crippen LogP contribution in [0.3, 0.4) is 0 Å². The molecule has 1 amide bonds. The topological polar surface area (TPSA) is 91.7 Å². The number of nitrogens with one attached hydrogen (secondary N) is 1. The molecule has 168 valence electrons. The number of halogens is 1. The molecule has 1 heterocycles. The highest BCUT2D eigenvalue weighted by atomic mass is 19.1. The fourth-order valence-electron chi connectivity index (χ4n) is 2.99. The zero-order chi connectivity index (χ0) is 23.1. The molecule has 2 aromatic carbocycles. The minimum Gasteiger partial charge on any atom is -0.497 e. The van der Waals surface area contributed by atoms with Crippen LogP contribution in [0.15, 0.2) is 59.4 Å². The molecule has 0 aliphatic heterocycles. The molecule has 0 bridgehead atoms. The van der Waals surface area contributed by atoms with Gasteiger partial charge in [0.05, 0.1) is 19.9 Å². The summed E-state index contributed by atoms with van der Waals surface area (Å²) in [5.74, 6) is 0.566. The summed E-state index contributed by atoms with van der Waals surface area (Å²) >= 11 is 0. The molecule has 8 nitrogen and oxygen atoms in total. The van der Waals surface area contributed by atoms with Crippen LogP contribution in [0.4, 0.5) is 4.39 Å². The van der Waals surface area contributed by atoms with Crippen LogP contribution in [-0.4, -0.2) is 36.0 Å². The van der Waals surface area contributed by atoms with E-state index in [4.69, 9.17) is 14.2 Å². The third-order valence-electron chi connectivity index (χ3n) is 4.72. The Balaban J connectivity index is 1.71. The number of carbonyl (C=O) groups excluding carboxylic acids is 1. The molecular weight excluding hydrogens is 417 g/mol. The Hall–Kier alpha value is -3.88. The van der Waals surface area contributed by atoms with Crippen LogP contribution < -0.4 is 25.1 Å². The van der Waals surface area contributed by atoms with E-state index in [2.05, 4.69) is 10.4 Å². The smallest absolute Gasteiger partial charge is 0.271 e. The maximum absolute atomic E-state index is 13.2. The highest BCUT2D eigenvalue weighted by Gasteiger charge is 2.20. The number of carbonyl (C=O) groups is 1. The normalized spacial score (nSPS) is 11.5. The van der Waals surface area contributed by atoms with Crippen LogP contribution in [0.25, 0.3) is 5.69 Å². The number of hydrogen-bond donors (Lipinski definition) is 1. The summed E-state index contributed by atoms with van der Waals surface area (Å²) in [6.45, 7) is 2.03. The molecule has 0 radical (unpaired) electrons. The highest BCUT2D eigenvalue weighted by Crippen LogP contribution is 2.24. The summed E-state index contributed by atoms with van der Waals surface area (Å²) in [6.07, 6.45) is -0.450. The lowest BCUT2D eigenvalue weighted by molar-refractivity contribution is -0.128. The number of amides is 1. The maximum Gasteiger partial charge on any atom is 0.271 e. The molecule has 1 unspecified atom stereocenters. The van der Waals surface area contributed by atoms with E-state index in [1.807, 2.05) is 0 Å². The molecule has 1 N–H and O–H groups in total. The Labute approximate surface area is 184 Å². The summed E-state index contributed by atoms with van der Waals surface area (Å²) in [5, 5.41) is 6.98. The second kappa shape index (κ2) is 10.4. The molecule has 0 aliphatic rings. The van der Waals surface area contributed by atoms with Crippen molar-refractivity contribution < 1.29 is 23.4 Å². The predicted octanol–water partition coefficient (Wildman–Crippen LogP) is 2.86. The van der Waals surface area contributed by atoms with Crippen molar-refractivity contribution in [2.24, 2.45) is 0 Å². The molecule has 0 fully saturated rings. The van der Waals surface area contributed by atoms with E-state index in [1.54, 1.807) is 39.3 Å². The van der Waals surface area contributed by atoms with E-state index in [0.717, 1.165) is 10.2 Å². The fourth-order valence-corrected chi connectivity index (χ4v) is 2.99. The van der Waals surface area contributed by atoms with Gasteiger partial charge in [0.25, 0.3) is 11.5 Å². The first-order valence-corrected chi connectivity index (χ1v) is 9.96. The molecule has 9 heteroatoms. The fraction of sp³-hybridized carbons (Fsp3) is 0.261. The van der Waals surface area contributed by atoms with Crippen LogP contribution in [0.1, 0.15) is 18.9 Å². The van der Waals surface area contributed by atoms with Crippen LogP contribution >= 0.6 is 0 Å². The Bertz CT molecular complexity index is 1130. The lowest BCUT2D eigenvalue weighted by Crippen LogP contribution is -2.38. The van der Waals surface area contributed by atoms with E-state index in [-0.39, 0.29) is 18.3 Å². The van der Waals surface area contributed by atoms with Crippen molar-refractivity contribution in [3.05, 3.63) is 76.3 Å². The number of methoxy groups -OCH3 is 2. The van der Waals surface area contributed by atoms with Gasteiger partial charge in [0.1, 0.15) is 17.3 Å². The van der Waals surface area contributed by atoms with Crippen molar-refractivity contribution in [1.82, 2.24) is 15.1 Å². The van der Waals surface area contributed by atoms with Gasteiger partial charge in [-0.15, -0.1) is 5.10 Å². The van der Waals surface area contributed by atoms with Gasteiger partial charge in [-0.3, -0.25) is 9.59 Å². The third-order valence-corrected chi connectivity index (χ3v) is 4.72. The standard InChI is InChI=1S/C23H24FN3O5/c1-4-19(23(29)25-14-15-5-10-18(30-2)13-20(15)31-3)32-21-11-12-22(28)27(26-21)17-8-6-16(24)7-9-17/h5-13,19H,4,14H2,1-3H3,(H,25,29). The van der Waals surface area contributed by atoms with Gasteiger partial charge < -0.3 is 19.5 Å². The lowest BCUT2D eigenvalue weighted by atomic mass is 10.1. The number of benzene rings is 2. The van der Waals surface area contributed by atoms with E-state index >= 15 is 0 Å². The summed E-state index contributed by atoms with van der Waals surface area (Å²) in [7, 11) is 3.10. The van der Waals surface area contributed by atoms with Gasteiger partial charge in [0, 0.05) is 30.3 Å². The quantitative estimate of drug-likeness (QED) is 0.549. The molecule has 1 atom stereocenters. The first-order valence-electron chi connectivity index (χ1n) is 9.96. The Morgan fingerprint density at radius 1 is 1.09 bits per heavy atom. The number of hydrogen-bond acceptors (Lipinski definition) is 6. The number of ether oxygens (including phenoxy) is 3. The number of rotatable bonds is 9. The van der Waals surface area contributed by atoms with Gasteiger partial charge in [-0.25, -0.2) is 4.39 Å². The van der Waals surface area contributed by atoms with Gasteiger partial charge in [0.15, 0.2) is 6.10 Å². The number of aromatic nitrogens is 2. The summed E-state index contributed by atoms with van der Waals surface area (Å²) in [6, 6.07) is 13.3. The van der Waals surface area contributed by atoms with Crippen molar-refractivity contribution in [3.63, 3.8) is 0 Å². The van der Waals surface area contributed by atoms with Crippen LogP contribution in [0, 0.1) is 5.82 Å². The van der Waals surface area contributed by atoms with Crippen molar-refractivity contribution in [1.29, 1.82) is 0 Å². The van der Waals surface area contributed by atoms with Gasteiger partial charge in [0.2, 0.25) is 5.88 Å². The zero-order valence-corrected chi connectivity index (χ0v) is 18.0. The van der Waals surface area contributed by atoms with Gasteiger partial charge in [-0.2, -0.15) is 4.68 Å². The van der Waals surface area contributed by atoms with Crippen LogP contribution in [0.5, 0.6) is 17.4 Å². The molecular formula is C23H24FN3O5. The molecule has 0 saturated carbocycles. The van der Waals surface area contributed by atoms with E-state index < -0.39 is 17.5 Å². The first-order chi connectivity index (χ1) is 15.4. The Kier molecular flexibility index (Phi) is 7.43. The van der Waals surface area contributed by atoms with Gasteiger partial charge in [-0.05, 0) is 42.8 Å². The second-order valence-corrected chi connectivity index (χ2v) is 6.81. The summed E-state index contributed by atoms with van der Waals surface area (Å²) in [4.78, 5) is 24.9. The Morgan fingerprint density at radius 3 is 2.50 bits per heavy atom. The SMILES string of the molecule is CCC(Oc1ccc(=O)n(-c2ccc(F)cc2)n1)C(=O)NCc1ccc(OC)cc1OC. The molecule has 3 rings (SSSR count). The lowest BCUT2D eigenvalue weighted by Gasteiger charge is -2.18. The molecule has 0 spiro atoms. The minimum absolute atomic E-state index is 0.0953. The monoisotopic (exact) mass is 441 g/mol. The molecule has 0 saturated heterocycles. The van der Waals surface area contributed by atoms with Crippen molar-refractivity contribution in [3.8, 4) is 23.1 Å². The minimum atomic E-state index is -0.828. The van der Waals surface area contributed by atoms with Gasteiger partial charge >= 0.3 is 0 Å². The van der Waals surface area contributed by atoms with Crippen LogP contribution in [-0.2, 0) is 11.3 Å². The number of nitrogens with zero attached hydrogens (tertiary/aromatic N) is 2. The molecule has 32 heavy (non-hydrogen) atoms. The first kappa shape index (κ1) is 22.8. The highest BCUT2D eigenvalue weighted by molar-refractivity contribution is 5.81. The van der Waals surface area contributed by atoms with E-state index in [9.17, 15) is 14.0 Å². The summed E-state index contributed by atoms with van der Waals surface area (Å²) < 4.78 is 30.5. The van der Waals surface area contributed by atoms with Gasteiger partial charge in [-0.1, -0.05) is 6.92 Å². The molecule has 1 aromatic heterocycles. The van der Waals surface area contributed by atoms with Crippen LogP contribution in [0.2, 0.25) is 0 Å². The van der Waals surface area contributed by atoms with E-state index in [0.29, 0.717) is 23.6 Å². The van der Waals surface area contributed by atoms with Crippen molar-refractivity contribution in [2.75, 3.05) is 14.2 Å². The van der Waals surface area contributed by atoms with Crippen molar-refractivity contribution in [2.45, 2.75) is 26.0 Å². The molecule has 3 aromatic rings. The third kappa shape index (κ3) is 5.42. The zero-order valence-electron chi connectivity index (χ0n) is 18.0. The average Bonchev–Trinajstić information content (AvgIpc) is 2.82. The maximum atomic E-state index is 13.2.